The average Bonchev–Trinajstić information content (AvgIpc) is 2.95. The predicted octanol–water partition coefficient (Wildman–Crippen LogP) is 4.23. The first-order valence-corrected chi connectivity index (χ1v) is 9.04. The van der Waals surface area contributed by atoms with Crippen LogP contribution in [0.15, 0.2) is 28.9 Å². The van der Waals surface area contributed by atoms with Gasteiger partial charge in [0.05, 0.1) is 6.26 Å². The highest BCUT2D eigenvalue weighted by molar-refractivity contribution is 5.91. The third-order valence-electron chi connectivity index (χ3n) is 4.58. The molecule has 2 heterocycles. The first kappa shape index (κ1) is 18.8. The van der Waals surface area contributed by atoms with Crippen molar-refractivity contribution < 1.29 is 9.21 Å². The Morgan fingerprint density at radius 1 is 1.33 bits per heavy atom. The van der Waals surface area contributed by atoms with Crippen molar-refractivity contribution in [3.05, 3.63) is 30.2 Å². The minimum atomic E-state index is 0.0296. The summed E-state index contributed by atoms with van der Waals surface area (Å²) >= 11 is 0. The molecule has 1 aliphatic rings. The Morgan fingerprint density at radius 2 is 2.00 bits per heavy atom. The quantitative estimate of drug-likeness (QED) is 0.793. The normalized spacial score (nSPS) is 20.4. The number of nitrogens with one attached hydrogen (secondary N) is 1. The molecule has 2 rings (SSSR count). The second-order valence-corrected chi connectivity index (χ2v) is 8.19. The van der Waals surface area contributed by atoms with Gasteiger partial charge in [0, 0.05) is 29.7 Å². The van der Waals surface area contributed by atoms with E-state index in [1.54, 1.807) is 18.4 Å². The van der Waals surface area contributed by atoms with E-state index in [0.29, 0.717) is 5.76 Å². The molecule has 1 fully saturated rings. The minimum absolute atomic E-state index is 0.0296. The van der Waals surface area contributed by atoms with E-state index in [-0.39, 0.29) is 23.0 Å². The Hall–Kier alpha value is -1.55. The molecule has 0 aromatic carbocycles. The highest BCUT2D eigenvalue weighted by atomic mass is 16.3. The van der Waals surface area contributed by atoms with E-state index in [2.05, 4.69) is 44.8 Å². The zero-order valence-electron chi connectivity index (χ0n) is 15.8. The van der Waals surface area contributed by atoms with Crippen LogP contribution in [0.5, 0.6) is 0 Å². The first-order valence-electron chi connectivity index (χ1n) is 9.04. The molecular formula is C20H32N2O2. The lowest BCUT2D eigenvalue weighted by molar-refractivity contribution is -0.130. The molecule has 0 radical (unpaired) electrons. The third kappa shape index (κ3) is 5.23. The number of rotatable bonds is 6. The van der Waals surface area contributed by atoms with Gasteiger partial charge in [-0.3, -0.25) is 4.79 Å². The fourth-order valence-corrected chi connectivity index (χ4v) is 3.93. The molecule has 1 aromatic heterocycles. The van der Waals surface area contributed by atoms with Crippen molar-refractivity contribution >= 4 is 12.0 Å². The summed E-state index contributed by atoms with van der Waals surface area (Å²) < 4.78 is 5.29. The summed E-state index contributed by atoms with van der Waals surface area (Å²) in [5.74, 6) is 0.795. The van der Waals surface area contributed by atoms with Crippen molar-refractivity contribution in [2.45, 2.75) is 77.4 Å². The van der Waals surface area contributed by atoms with Crippen LogP contribution in [0.25, 0.3) is 6.08 Å². The summed E-state index contributed by atoms with van der Waals surface area (Å²) in [6, 6.07) is 3.95. The molecule has 0 aliphatic carbocycles. The monoisotopic (exact) mass is 332 g/mol. The Morgan fingerprint density at radius 3 is 2.54 bits per heavy atom. The van der Waals surface area contributed by atoms with E-state index in [0.717, 1.165) is 32.2 Å². The fourth-order valence-electron chi connectivity index (χ4n) is 3.93. The van der Waals surface area contributed by atoms with Gasteiger partial charge in [-0.2, -0.15) is 0 Å². The molecule has 134 valence electrons. The fraction of sp³-hybridized carbons (Fsp3) is 0.650. The van der Waals surface area contributed by atoms with E-state index < -0.39 is 0 Å². The molecule has 0 saturated carbocycles. The van der Waals surface area contributed by atoms with Gasteiger partial charge >= 0.3 is 0 Å². The van der Waals surface area contributed by atoms with Crippen molar-refractivity contribution in [1.82, 2.24) is 10.2 Å². The van der Waals surface area contributed by atoms with E-state index in [9.17, 15) is 4.79 Å². The lowest BCUT2D eigenvalue weighted by Gasteiger charge is -2.49. The molecule has 0 bridgehead atoms. The number of unbranched alkanes of at least 4 members (excludes halogenated alkanes) is 1. The Labute approximate surface area is 146 Å². The molecule has 4 nitrogen and oxygen atoms in total. The molecule has 4 heteroatoms. The highest BCUT2D eigenvalue weighted by Gasteiger charge is 2.40. The van der Waals surface area contributed by atoms with Crippen LogP contribution in [0, 0.1) is 0 Å². The summed E-state index contributed by atoms with van der Waals surface area (Å²) in [6.07, 6.45) is 9.10. The molecule has 0 atom stereocenters. The zero-order valence-corrected chi connectivity index (χ0v) is 15.8. The van der Waals surface area contributed by atoms with Gasteiger partial charge in [0.25, 0.3) is 0 Å². The van der Waals surface area contributed by atoms with Gasteiger partial charge in [-0.05, 0) is 65.2 Å². The number of carbonyl (C=O) groups excluding carboxylic acids is 1. The van der Waals surface area contributed by atoms with E-state index in [1.807, 2.05) is 12.1 Å². The van der Waals surface area contributed by atoms with Gasteiger partial charge in [-0.25, -0.2) is 0 Å². The van der Waals surface area contributed by atoms with Crippen LogP contribution in [-0.4, -0.2) is 34.5 Å². The molecule has 0 spiro atoms. The molecule has 0 unspecified atom stereocenters. The Kier molecular flexibility index (Phi) is 5.92. The maximum Gasteiger partial charge on any atom is 0.246 e. The second-order valence-electron chi connectivity index (χ2n) is 8.19. The van der Waals surface area contributed by atoms with Gasteiger partial charge in [-0.15, -0.1) is 0 Å². The van der Waals surface area contributed by atoms with Gasteiger partial charge in [0.2, 0.25) is 5.91 Å². The molecule has 1 saturated heterocycles. The lowest BCUT2D eigenvalue weighted by Crippen LogP contribution is -2.62. The summed E-state index contributed by atoms with van der Waals surface area (Å²) in [4.78, 5) is 14.9. The topological polar surface area (TPSA) is 45.5 Å². The summed E-state index contributed by atoms with van der Waals surface area (Å²) in [5, 5.41) is 3.70. The van der Waals surface area contributed by atoms with Crippen molar-refractivity contribution in [3.63, 3.8) is 0 Å². The predicted molar refractivity (Wildman–Crippen MR) is 98.7 cm³/mol. The summed E-state index contributed by atoms with van der Waals surface area (Å²) in [7, 11) is 0. The molecular weight excluding hydrogens is 300 g/mol. The second kappa shape index (κ2) is 7.56. The molecule has 24 heavy (non-hydrogen) atoms. The standard InChI is InChI=1S/C20H32N2O2/c1-6-7-12-22(18(23)11-10-17-9-8-13-24-17)16-14-19(2,3)21-20(4,5)15-16/h8-11,13,16,21H,6-7,12,14-15H2,1-5H3/b11-10+. The van der Waals surface area contributed by atoms with Crippen molar-refractivity contribution in [1.29, 1.82) is 0 Å². The molecule has 1 amide bonds. The van der Waals surface area contributed by atoms with Gasteiger partial charge in [0.1, 0.15) is 5.76 Å². The van der Waals surface area contributed by atoms with Gasteiger partial charge in [0.15, 0.2) is 0 Å². The van der Waals surface area contributed by atoms with Crippen molar-refractivity contribution in [2.75, 3.05) is 6.54 Å². The number of hydrogen-bond acceptors (Lipinski definition) is 3. The lowest BCUT2D eigenvalue weighted by atomic mass is 9.79. The number of nitrogens with zero attached hydrogens (tertiary/aromatic N) is 1. The molecule has 1 aromatic rings. The number of amides is 1. The third-order valence-corrected chi connectivity index (χ3v) is 4.58. The summed E-state index contributed by atoms with van der Waals surface area (Å²) in [6.45, 7) is 11.9. The van der Waals surface area contributed by atoms with Crippen LogP contribution < -0.4 is 5.32 Å². The molecule has 1 aliphatic heterocycles. The number of hydrogen-bond donors (Lipinski definition) is 1. The van der Waals surface area contributed by atoms with Crippen LogP contribution in [0.4, 0.5) is 0 Å². The number of furan rings is 1. The summed E-state index contributed by atoms with van der Waals surface area (Å²) in [5.41, 5.74) is 0.0593. The van der Waals surface area contributed by atoms with E-state index >= 15 is 0 Å². The minimum Gasteiger partial charge on any atom is -0.465 e. The molecule has 1 N–H and O–H groups in total. The maximum absolute atomic E-state index is 12.8. The Bertz CT molecular complexity index is 542. The highest BCUT2D eigenvalue weighted by Crippen LogP contribution is 2.32. The zero-order chi connectivity index (χ0) is 17.8. The van der Waals surface area contributed by atoms with E-state index in [4.69, 9.17) is 4.42 Å². The van der Waals surface area contributed by atoms with Crippen LogP contribution >= 0.6 is 0 Å². The van der Waals surface area contributed by atoms with Crippen molar-refractivity contribution in [3.8, 4) is 0 Å². The number of carbonyl (C=O) groups is 1. The van der Waals surface area contributed by atoms with Crippen LogP contribution in [0.3, 0.4) is 0 Å². The van der Waals surface area contributed by atoms with Crippen LogP contribution in [-0.2, 0) is 4.79 Å². The maximum atomic E-state index is 12.8. The number of piperidine rings is 1. The van der Waals surface area contributed by atoms with E-state index in [1.165, 1.54) is 0 Å². The van der Waals surface area contributed by atoms with Gasteiger partial charge in [-0.1, -0.05) is 13.3 Å². The Balaban J connectivity index is 2.15. The average molecular weight is 332 g/mol. The smallest absolute Gasteiger partial charge is 0.246 e. The first-order chi connectivity index (χ1) is 11.2. The van der Waals surface area contributed by atoms with Crippen molar-refractivity contribution in [2.24, 2.45) is 0 Å². The van der Waals surface area contributed by atoms with Gasteiger partial charge < -0.3 is 14.6 Å². The largest absolute Gasteiger partial charge is 0.465 e. The SMILES string of the molecule is CCCCN(C(=O)/C=C/c1ccco1)C1CC(C)(C)NC(C)(C)C1. The van der Waals surface area contributed by atoms with Crippen LogP contribution in [0.2, 0.25) is 0 Å². The van der Waals surface area contributed by atoms with Crippen LogP contribution in [0.1, 0.15) is 66.1 Å².